The molecule has 0 saturated carbocycles. The van der Waals surface area contributed by atoms with Gasteiger partial charge in [0.05, 0.1) is 7.11 Å². The molecule has 0 heterocycles. The van der Waals surface area contributed by atoms with E-state index in [1.54, 1.807) is 7.11 Å². The Labute approximate surface area is 97.8 Å². The first-order valence-electron chi connectivity index (χ1n) is 5.76. The second-order valence-corrected chi connectivity index (χ2v) is 3.74. The summed E-state index contributed by atoms with van der Waals surface area (Å²) in [4.78, 5) is 0. The molecule has 0 radical (unpaired) electrons. The van der Waals surface area contributed by atoms with Gasteiger partial charge in [-0.05, 0) is 25.6 Å². The number of methoxy groups -OCH3 is 1. The van der Waals surface area contributed by atoms with Gasteiger partial charge >= 0.3 is 0 Å². The molecule has 3 heteroatoms. The highest BCUT2D eigenvalue weighted by Crippen LogP contribution is 2.27. The highest BCUT2D eigenvalue weighted by Gasteiger charge is 2.11. The maximum Gasteiger partial charge on any atom is 0.161 e. The van der Waals surface area contributed by atoms with Gasteiger partial charge in [-0.1, -0.05) is 25.5 Å². The smallest absolute Gasteiger partial charge is 0.161 e. The molecule has 0 aliphatic carbocycles. The number of nitrogens with one attached hydrogen (secondary N) is 1. The monoisotopic (exact) mass is 223 g/mol. The van der Waals surface area contributed by atoms with Gasteiger partial charge in [0.2, 0.25) is 0 Å². The lowest BCUT2D eigenvalue weighted by molar-refractivity contribution is 0.182. The number of ether oxygens (including phenoxy) is 2. The van der Waals surface area contributed by atoms with Crippen LogP contribution < -0.4 is 14.8 Å². The lowest BCUT2D eigenvalue weighted by atomic mass is 10.2. The van der Waals surface area contributed by atoms with E-state index in [1.165, 1.54) is 0 Å². The zero-order chi connectivity index (χ0) is 11.8. The van der Waals surface area contributed by atoms with Crippen molar-refractivity contribution in [1.82, 2.24) is 5.32 Å². The largest absolute Gasteiger partial charge is 0.493 e. The van der Waals surface area contributed by atoms with Crippen molar-refractivity contribution in [2.45, 2.75) is 25.9 Å². The van der Waals surface area contributed by atoms with Gasteiger partial charge in [0, 0.05) is 6.54 Å². The average molecular weight is 223 g/mol. The molecule has 0 fully saturated rings. The molecule has 16 heavy (non-hydrogen) atoms. The fourth-order valence-electron chi connectivity index (χ4n) is 1.65. The minimum atomic E-state index is 0.200. The number of likely N-dealkylation sites (N-methyl/N-ethyl adjacent to an activating group) is 1. The second kappa shape index (κ2) is 7.12. The molecule has 1 atom stereocenters. The second-order valence-electron chi connectivity index (χ2n) is 3.74. The minimum Gasteiger partial charge on any atom is -0.493 e. The summed E-state index contributed by atoms with van der Waals surface area (Å²) < 4.78 is 11.2. The van der Waals surface area contributed by atoms with E-state index in [-0.39, 0.29) is 6.10 Å². The summed E-state index contributed by atoms with van der Waals surface area (Å²) in [5, 5.41) is 3.14. The molecule has 0 spiro atoms. The molecule has 1 unspecified atom stereocenters. The predicted octanol–water partition coefficient (Wildman–Crippen LogP) is 2.46. The van der Waals surface area contributed by atoms with Crippen LogP contribution in [-0.2, 0) is 0 Å². The van der Waals surface area contributed by atoms with Crippen LogP contribution >= 0.6 is 0 Å². The lowest BCUT2D eigenvalue weighted by Crippen LogP contribution is -2.29. The molecule has 1 N–H and O–H groups in total. The molecule has 0 amide bonds. The van der Waals surface area contributed by atoms with Gasteiger partial charge in [-0.25, -0.2) is 0 Å². The molecule has 90 valence electrons. The highest BCUT2D eigenvalue weighted by atomic mass is 16.5. The van der Waals surface area contributed by atoms with Crippen molar-refractivity contribution in [2.75, 3.05) is 20.7 Å². The summed E-state index contributed by atoms with van der Waals surface area (Å²) in [6.45, 7) is 3.01. The third-order valence-corrected chi connectivity index (χ3v) is 2.41. The molecular formula is C13H21NO2. The van der Waals surface area contributed by atoms with E-state index in [0.717, 1.165) is 30.9 Å². The van der Waals surface area contributed by atoms with Crippen molar-refractivity contribution in [3.8, 4) is 11.5 Å². The van der Waals surface area contributed by atoms with Crippen molar-refractivity contribution < 1.29 is 9.47 Å². The van der Waals surface area contributed by atoms with E-state index in [9.17, 15) is 0 Å². The van der Waals surface area contributed by atoms with E-state index in [2.05, 4.69) is 12.2 Å². The molecule has 0 aromatic heterocycles. The minimum absolute atomic E-state index is 0.200. The Morgan fingerprint density at radius 1 is 1.25 bits per heavy atom. The lowest BCUT2D eigenvalue weighted by Gasteiger charge is -2.19. The fourth-order valence-corrected chi connectivity index (χ4v) is 1.65. The summed E-state index contributed by atoms with van der Waals surface area (Å²) in [5.41, 5.74) is 0. The average Bonchev–Trinajstić information content (AvgIpc) is 2.30. The first-order chi connectivity index (χ1) is 7.81. The van der Waals surface area contributed by atoms with Crippen molar-refractivity contribution in [3.63, 3.8) is 0 Å². The quantitative estimate of drug-likeness (QED) is 0.770. The topological polar surface area (TPSA) is 30.5 Å². The molecule has 0 bridgehead atoms. The van der Waals surface area contributed by atoms with Gasteiger partial charge in [0.15, 0.2) is 11.5 Å². The van der Waals surface area contributed by atoms with Crippen molar-refractivity contribution in [2.24, 2.45) is 0 Å². The summed E-state index contributed by atoms with van der Waals surface area (Å²) in [7, 11) is 3.60. The molecule has 3 nitrogen and oxygen atoms in total. The fraction of sp³-hybridized carbons (Fsp3) is 0.538. The van der Waals surface area contributed by atoms with Gasteiger partial charge < -0.3 is 14.8 Å². The van der Waals surface area contributed by atoms with Crippen LogP contribution in [0.5, 0.6) is 11.5 Å². The van der Waals surface area contributed by atoms with Crippen LogP contribution in [0.2, 0.25) is 0 Å². The van der Waals surface area contributed by atoms with Gasteiger partial charge in [0.25, 0.3) is 0 Å². The maximum absolute atomic E-state index is 5.93. The molecule has 1 rings (SSSR count). The summed E-state index contributed by atoms with van der Waals surface area (Å²) >= 11 is 0. The van der Waals surface area contributed by atoms with E-state index in [1.807, 2.05) is 31.3 Å². The van der Waals surface area contributed by atoms with Gasteiger partial charge in [-0.2, -0.15) is 0 Å². The summed E-state index contributed by atoms with van der Waals surface area (Å²) in [6, 6.07) is 7.76. The van der Waals surface area contributed by atoms with Crippen LogP contribution in [0.25, 0.3) is 0 Å². The Balaban J connectivity index is 2.67. The third kappa shape index (κ3) is 3.74. The molecule has 0 aliphatic rings. The first-order valence-corrected chi connectivity index (χ1v) is 5.76. The third-order valence-electron chi connectivity index (χ3n) is 2.41. The van der Waals surface area contributed by atoms with Crippen LogP contribution in [0.1, 0.15) is 19.8 Å². The van der Waals surface area contributed by atoms with Crippen LogP contribution in [0.3, 0.4) is 0 Å². The molecule has 1 aromatic carbocycles. The molecule has 0 saturated heterocycles. The van der Waals surface area contributed by atoms with Crippen molar-refractivity contribution in [1.29, 1.82) is 0 Å². The number of hydrogen-bond acceptors (Lipinski definition) is 3. The molecule has 0 aliphatic heterocycles. The Kier molecular flexibility index (Phi) is 5.72. The number of rotatable bonds is 7. The first kappa shape index (κ1) is 12.8. The van der Waals surface area contributed by atoms with Crippen molar-refractivity contribution >= 4 is 0 Å². The number of hydrogen-bond donors (Lipinski definition) is 1. The summed E-state index contributed by atoms with van der Waals surface area (Å²) in [6.07, 6.45) is 2.35. The zero-order valence-electron chi connectivity index (χ0n) is 10.3. The molecular weight excluding hydrogens is 202 g/mol. The SMILES string of the molecule is CCCC(CNC)Oc1ccccc1OC. The highest BCUT2D eigenvalue weighted by molar-refractivity contribution is 5.39. The molecule has 1 aromatic rings. The standard InChI is InChI=1S/C13H21NO2/c1-4-7-11(10-14-2)16-13-9-6-5-8-12(13)15-3/h5-6,8-9,11,14H,4,7,10H2,1-3H3. The van der Waals surface area contributed by atoms with Crippen LogP contribution in [0.15, 0.2) is 24.3 Å². The van der Waals surface area contributed by atoms with Crippen LogP contribution in [0, 0.1) is 0 Å². The Morgan fingerprint density at radius 3 is 2.50 bits per heavy atom. The van der Waals surface area contributed by atoms with Crippen LogP contribution in [0.4, 0.5) is 0 Å². The zero-order valence-corrected chi connectivity index (χ0v) is 10.3. The van der Waals surface area contributed by atoms with E-state index in [0.29, 0.717) is 0 Å². The van der Waals surface area contributed by atoms with E-state index in [4.69, 9.17) is 9.47 Å². The van der Waals surface area contributed by atoms with Crippen LogP contribution in [-0.4, -0.2) is 26.8 Å². The van der Waals surface area contributed by atoms with Gasteiger partial charge in [0.1, 0.15) is 6.10 Å². The summed E-state index contributed by atoms with van der Waals surface area (Å²) in [5.74, 6) is 1.61. The Morgan fingerprint density at radius 2 is 1.94 bits per heavy atom. The number of benzene rings is 1. The number of para-hydroxylation sites is 2. The van der Waals surface area contributed by atoms with Crippen molar-refractivity contribution in [3.05, 3.63) is 24.3 Å². The Bertz CT molecular complexity index is 296. The van der Waals surface area contributed by atoms with E-state index >= 15 is 0 Å². The maximum atomic E-state index is 5.93. The van der Waals surface area contributed by atoms with Gasteiger partial charge in [-0.3, -0.25) is 0 Å². The van der Waals surface area contributed by atoms with Gasteiger partial charge in [-0.15, -0.1) is 0 Å². The Hall–Kier alpha value is -1.22. The predicted molar refractivity (Wildman–Crippen MR) is 66.2 cm³/mol. The van der Waals surface area contributed by atoms with E-state index < -0.39 is 0 Å². The normalized spacial score (nSPS) is 12.2.